The molecule has 0 radical (unpaired) electrons. The first-order valence-corrected chi connectivity index (χ1v) is 16.2. The number of hydrogen-bond acceptors (Lipinski definition) is 5. The molecule has 40 heavy (non-hydrogen) atoms. The maximum Gasteiger partial charge on any atom is 0.264 e. The zero-order valence-corrected chi connectivity index (χ0v) is 25.7. The van der Waals surface area contributed by atoms with E-state index < -0.39 is 28.5 Å². The van der Waals surface area contributed by atoms with Crippen LogP contribution in [0.3, 0.4) is 0 Å². The van der Waals surface area contributed by atoms with Crippen LogP contribution in [0.1, 0.15) is 37.8 Å². The number of hydrogen-bond donors (Lipinski definition) is 1. The van der Waals surface area contributed by atoms with Gasteiger partial charge in [0.1, 0.15) is 12.6 Å². The molecule has 0 saturated carbocycles. The van der Waals surface area contributed by atoms with Crippen LogP contribution in [0.5, 0.6) is 0 Å². The van der Waals surface area contributed by atoms with Crippen LogP contribution in [0.2, 0.25) is 5.02 Å². The standard InChI is InChI=1S/C30H36ClN3O4S2/c1-5-6-18-32-30(36)23(3)33(20-24-8-7-9-25(31)19-24)29(35)21-34(26-12-10-22(2)11-13-26)40(37,38)28-16-14-27(39-4)15-17-28/h7-17,19,23H,5-6,18,20-21H2,1-4H3,(H,32,36)/t23-/m1/s1. The molecule has 0 spiro atoms. The monoisotopic (exact) mass is 601 g/mol. The number of anilines is 1. The second-order valence-corrected chi connectivity index (χ2v) is 12.7. The summed E-state index contributed by atoms with van der Waals surface area (Å²) in [5.41, 5.74) is 2.04. The summed E-state index contributed by atoms with van der Waals surface area (Å²) in [7, 11) is -4.11. The average molecular weight is 602 g/mol. The van der Waals surface area contributed by atoms with Gasteiger partial charge in [0.05, 0.1) is 10.6 Å². The molecule has 0 unspecified atom stereocenters. The molecule has 3 aromatic rings. The van der Waals surface area contributed by atoms with Crippen molar-refractivity contribution >= 4 is 50.9 Å². The lowest BCUT2D eigenvalue weighted by Gasteiger charge is -2.32. The fraction of sp³-hybridized carbons (Fsp3) is 0.333. The van der Waals surface area contributed by atoms with Crippen molar-refractivity contribution in [2.75, 3.05) is 23.7 Å². The van der Waals surface area contributed by atoms with E-state index >= 15 is 0 Å². The Morgan fingerprint density at radius 1 is 1.02 bits per heavy atom. The van der Waals surface area contributed by atoms with E-state index in [4.69, 9.17) is 11.6 Å². The Kier molecular flexibility index (Phi) is 11.5. The molecule has 0 fully saturated rings. The topological polar surface area (TPSA) is 86.8 Å². The van der Waals surface area contributed by atoms with Crippen LogP contribution in [0.25, 0.3) is 0 Å². The third-order valence-electron chi connectivity index (χ3n) is 6.49. The number of thioether (sulfide) groups is 1. The average Bonchev–Trinajstić information content (AvgIpc) is 2.94. The zero-order valence-electron chi connectivity index (χ0n) is 23.3. The van der Waals surface area contributed by atoms with Crippen molar-refractivity contribution < 1.29 is 18.0 Å². The highest BCUT2D eigenvalue weighted by Gasteiger charge is 2.32. The van der Waals surface area contributed by atoms with Gasteiger partial charge >= 0.3 is 0 Å². The van der Waals surface area contributed by atoms with Gasteiger partial charge in [0, 0.05) is 23.0 Å². The molecule has 3 rings (SSSR count). The van der Waals surface area contributed by atoms with Crippen LogP contribution in [-0.2, 0) is 26.2 Å². The van der Waals surface area contributed by atoms with Crippen LogP contribution >= 0.6 is 23.4 Å². The van der Waals surface area contributed by atoms with Gasteiger partial charge in [-0.25, -0.2) is 8.42 Å². The molecule has 0 aliphatic rings. The Morgan fingerprint density at radius 2 is 1.70 bits per heavy atom. The fourth-order valence-electron chi connectivity index (χ4n) is 4.07. The lowest BCUT2D eigenvalue weighted by atomic mass is 10.1. The SMILES string of the molecule is CCCCNC(=O)[C@@H](C)N(Cc1cccc(Cl)c1)C(=O)CN(c1ccc(C)cc1)S(=O)(=O)c1ccc(SC)cc1. The lowest BCUT2D eigenvalue weighted by molar-refractivity contribution is -0.139. The van der Waals surface area contributed by atoms with Crippen molar-refractivity contribution in [3.05, 3.63) is 88.9 Å². The Hall–Kier alpha value is -3.01. The molecule has 214 valence electrons. The van der Waals surface area contributed by atoms with Crippen LogP contribution < -0.4 is 9.62 Å². The van der Waals surface area contributed by atoms with E-state index in [1.807, 2.05) is 26.2 Å². The molecule has 1 N–H and O–H groups in total. The number of benzene rings is 3. The molecule has 3 aromatic carbocycles. The second-order valence-electron chi connectivity index (χ2n) is 9.49. The third-order valence-corrected chi connectivity index (χ3v) is 9.25. The second kappa shape index (κ2) is 14.6. The number of carbonyl (C=O) groups is 2. The largest absolute Gasteiger partial charge is 0.354 e. The van der Waals surface area contributed by atoms with E-state index in [0.717, 1.165) is 33.2 Å². The minimum Gasteiger partial charge on any atom is -0.354 e. The summed E-state index contributed by atoms with van der Waals surface area (Å²) in [6, 6.07) is 19.7. The summed E-state index contributed by atoms with van der Waals surface area (Å²) < 4.78 is 28.9. The molecule has 0 bridgehead atoms. The Bertz CT molecular complexity index is 1400. The Balaban J connectivity index is 2.00. The first-order valence-electron chi connectivity index (χ1n) is 13.1. The van der Waals surface area contributed by atoms with Gasteiger partial charge in [0.15, 0.2) is 0 Å². The molecular formula is C30H36ClN3O4S2. The number of nitrogens with one attached hydrogen (secondary N) is 1. The predicted molar refractivity (Wildman–Crippen MR) is 163 cm³/mol. The number of rotatable bonds is 13. The first-order chi connectivity index (χ1) is 19.1. The lowest BCUT2D eigenvalue weighted by Crippen LogP contribution is -2.51. The van der Waals surface area contributed by atoms with E-state index in [1.165, 1.54) is 16.7 Å². The number of carbonyl (C=O) groups excluding carboxylic acids is 2. The van der Waals surface area contributed by atoms with E-state index in [2.05, 4.69) is 5.32 Å². The first kappa shape index (κ1) is 31.5. The number of halogens is 1. The molecule has 1 atom stereocenters. The number of nitrogens with zero attached hydrogens (tertiary/aromatic N) is 2. The van der Waals surface area contributed by atoms with Gasteiger partial charge in [-0.3, -0.25) is 13.9 Å². The maximum absolute atomic E-state index is 13.9. The zero-order chi connectivity index (χ0) is 29.3. The van der Waals surface area contributed by atoms with E-state index in [0.29, 0.717) is 17.3 Å². The van der Waals surface area contributed by atoms with Crippen LogP contribution in [0, 0.1) is 6.92 Å². The van der Waals surface area contributed by atoms with Gasteiger partial charge in [0.2, 0.25) is 11.8 Å². The summed E-state index contributed by atoms with van der Waals surface area (Å²) in [4.78, 5) is 29.4. The van der Waals surface area contributed by atoms with Crippen LogP contribution in [0.15, 0.2) is 82.6 Å². The number of unbranched alkanes of at least 4 members (excludes halogenated alkanes) is 1. The molecular weight excluding hydrogens is 566 g/mol. The molecule has 0 aliphatic carbocycles. The Morgan fingerprint density at radius 3 is 2.30 bits per heavy atom. The van der Waals surface area contributed by atoms with E-state index in [9.17, 15) is 18.0 Å². The van der Waals surface area contributed by atoms with Crippen molar-refractivity contribution in [1.29, 1.82) is 0 Å². The molecule has 0 aliphatic heterocycles. The predicted octanol–water partition coefficient (Wildman–Crippen LogP) is 5.90. The third kappa shape index (κ3) is 8.25. The number of aryl methyl sites for hydroxylation is 1. The van der Waals surface area contributed by atoms with Gasteiger partial charge in [-0.05, 0) is 80.6 Å². The normalized spacial score (nSPS) is 12.0. The molecule has 2 amide bonds. The number of sulfonamides is 1. The van der Waals surface area contributed by atoms with Crippen LogP contribution in [-0.4, -0.2) is 50.5 Å². The van der Waals surface area contributed by atoms with Crippen molar-refractivity contribution in [2.24, 2.45) is 0 Å². The summed E-state index contributed by atoms with van der Waals surface area (Å²) in [5, 5.41) is 3.38. The molecule has 0 heterocycles. The smallest absolute Gasteiger partial charge is 0.264 e. The molecule has 10 heteroatoms. The highest BCUT2D eigenvalue weighted by Crippen LogP contribution is 2.26. The minimum absolute atomic E-state index is 0.0745. The Labute approximate surface area is 247 Å². The summed E-state index contributed by atoms with van der Waals surface area (Å²) in [6.07, 6.45) is 3.64. The summed E-state index contributed by atoms with van der Waals surface area (Å²) in [5.74, 6) is -0.816. The minimum atomic E-state index is -4.11. The van der Waals surface area contributed by atoms with Gasteiger partial charge in [-0.2, -0.15) is 0 Å². The van der Waals surface area contributed by atoms with Crippen molar-refractivity contribution in [3.8, 4) is 0 Å². The van der Waals surface area contributed by atoms with Crippen molar-refractivity contribution in [3.63, 3.8) is 0 Å². The summed E-state index contributed by atoms with van der Waals surface area (Å²) >= 11 is 7.70. The number of amides is 2. The fourth-order valence-corrected chi connectivity index (χ4v) is 6.10. The molecule has 7 nitrogen and oxygen atoms in total. The van der Waals surface area contributed by atoms with Gasteiger partial charge < -0.3 is 10.2 Å². The van der Waals surface area contributed by atoms with Gasteiger partial charge in [-0.1, -0.05) is 54.8 Å². The van der Waals surface area contributed by atoms with E-state index in [1.54, 1.807) is 73.7 Å². The van der Waals surface area contributed by atoms with Gasteiger partial charge in [0.25, 0.3) is 10.0 Å². The quantitative estimate of drug-likeness (QED) is 0.195. The highest BCUT2D eigenvalue weighted by atomic mass is 35.5. The maximum atomic E-state index is 13.9. The van der Waals surface area contributed by atoms with E-state index in [-0.39, 0.29) is 17.3 Å². The van der Waals surface area contributed by atoms with Crippen molar-refractivity contribution in [1.82, 2.24) is 10.2 Å². The van der Waals surface area contributed by atoms with Crippen molar-refractivity contribution in [2.45, 2.75) is 56.0 Å². The van der Waals surface area contributed by atoms with Gasteiger partial charge in [-0.15, -0.1) is 11.8 Å². The highest BCUT2D eigenvalue weighted by molar-refractivity contribution is 7.98. The molecule has 0 aromatic heterocycles. The summed E-state index contributed by atoms with van der Waals surface area (Å²) in [6.45, 7) is 5.68. The van der Waals surface area contributed by atoms with Crippen LogP contribution in [0.4, 0.5) is 5.69 Å². The molecule has 0 saturated heterocycles.